The Morgan fingerprint density at radius 3 is 2.47 bits per heavy atom. The van der Waals surface area contributed by atoms with Gasteiger partial charge in [0.15, 0.2) is 11.5 Å². The molecule has 0 radical (unpaired) electrons. The van der Waals surface area contributed by atoms with Gasteiger partial charge < -0.3 is 24.2 Å². The number of likely N-dealkylation sites (tertiary alicyclic amines) is 1. The van der Waals surface area contributed by atoms with Crippen molar-refractivity contribution in [1.29, 1.82) is 0 Å². The Balaban J connectivity index is 1.38. The second-order valence-corrected chi connectivity index (χ2v) is 8.19. The quantitative estimate of drug-likeness (QED) is 0.792. The van der Waals surface area contributed by atoms with Gasteiger partial charge in [-0.15, -0.1) is 0 Å². The predicted octanol–water partition coefficient (Wildman–Crippen LogP) is 2.92. The SMILES string of the molecule is COc1cccc(CC(=O)N2C[C@H]3C[C@@H](Oc4ccccc4OC)[C@H](O)C[C@H]3C2)c1. The summed E-state index contributed by atoms with van der Waals surface area (Å²) in [5, 5.41) is 10.7. The molecule has 1 N–H and O–H groups in total. The highest BCUT2D eigenvalue weighted by atomic mass is 16.5. The lowest BCUT2D eigenvalue weighted by atomic mass is 9.78. The van der Waals surface area contributed by atoms with E-state index in [9.17, 15) is 9.90 Å². The van der Waals surface area contributed by atoms with Gasteiger partial charge in [-0.05, 0) is 54.5 Å². The lowest BCUT2D eigenvalue weighted by molar-refractivity contribution is -0.129. The molecule has 1 saturated carbocycles. The second-order valence-electron chi connectivity index (χ2n) is 8.19. The van der Waals surface area contributed by atoms with Gasteiger partial charge >= 0.3 is 0 Å². The van der Waals surface area contributed by atoms with Gasteiger partial charge in [0.1, 0.15) is 11.9 Å². The third kappa shape index (κ3) is 4.38. The Labute approximate surface area is 177 Å². The van der Waals surface area contributed by atoms with E-state index in [1.54, 1.807) is 14.2 Å². The van der Waals surface area contributed by atoms with Gasteiger partial charge in [0.25, 0.3) is 0 Å². The molecule has 2 fully saturated rings. The minimum Gasteiger partial charge on any atom is -0.497 e. The molecule has 30 heavy (non-hydrogen) atoms. The monoisotopic (exact) mass is 411 g/mol. The van der Waals surface area contributed by atoms with Gasteiger partial charge in [0.05, 0.1) is 26.7 Å². The van der Waals surface area contributed by atoms with E-state index in [0.29, 0.717) is 49.3 Å². The summed E-state index contributed by atoms with van der Waals surface area (Å²) >= 11 is 0. The van der Waals surface area contributed by atoms with E-state index >= 15 is 0 Å². The van der Waals surface area contributed by atoms with Crippen LogP contribution in [0, 0.1) is 11.8 Å². The van der Waals surface area contributed by atoms with E-state index in [4.69, 9.17) is 14.2 Å². The largest absolute Gasteiger partial charge is 0.497 e. The van der Waals surface area contributed by atoms with Crippen molar-refractivity contribution in [3.05, 3.63) is 54.1 Å². The molecule has 1 aliphatic carbocycles. The van der Waals surface area contributed by atoms with Crippen molar-refractivity contribution in [3.8, 4) is 17.2 Å². The number of carbonyl (C=O) groups is 1. The van der Waals surface area contributed by atoms with E-state index in [1.165, 1.54) is 0 Å². The van der Waals surface area contributed by atoms with E-state index in [2.05, 4.69) is 0 Å². The van der Waals surface area contributed by atoms with Crippen molar-refractivity contribution >= 4 is 5.91 Å². The fourth-order valence-electron chi connectivity index (χ4n) is 4.67. The summed E-state index contributed by atoms with van der Waals surface area (Å²) in [6.07, 6.45) is 0.890. The lowest BCUT2D eigenvalue weighted by Gasteiger charge is -2.35. The van der Waals surface area contributed by atoms with Crippen LogP contribution in [0.1, 0.15) is 18.4 Å². The molecular weight excluding hydrogens is 382 g/mol. The molecule has 4 rings (SSSR count). The van der Waals surface area contributed by atoms with Crippen molar-refractivity contribution in [2.75, 3.05) is 27.3 Å². The third-order valence-corrected chi connectivity index (χ3v) is 6.27. The van der Waals surface area contributed by atoms with Crippen LogP contribution in [0.5, 0.6) is 17.2 Å². The fraction of sp³-hybridized carbons (Fsp3) is 0.458. The third-order valence-electron chi connectivity index (χ3n) is 6.27. The summed E-state index contributed by atoms with van der Waals surface area (Å²) in [6, 6.07) is 15.1. The van der Waals surface area contributed by atoms with Crippen molar-refractivity contribution in [2.24, 2.45) is 11.8 Å². The maximum absolute atomic E-state index is 12.9. The van der Waals surface area contributed by atoms with E-state index < -0.39 is 6.10 Å². The molecule has 0 spiro atoms. The molecule has 1 aliphatic heterocycles. The molecule has 0 unspecified atom stereocenters. The minimum absolute atomic E-state index is 0.120. The Morgan fingerprint density at radius 2 is 1.73 bits per heavy atom. The van der Waals surface area contributed by atoms with Crippen molar-refractivity contribution in [2.45, 2.75) is 31.5 Å². The standard InChI is InChI=1S/C24H29NO5/c1-28-19-7-5-6-16(10-19)11-24(27)25-14-17-12-20(26)23(13-18(17)15-25)30-22-9-4-3-8-21(22)29-2/h3-10,17-18,20,23,26H,11-15H2,1-2H3/t17-,18+,20+,23+/m0/s1. The summed E-state index contributed by atoms with van der Waals surface area (Å²) < 4.78 is 16.7. The molecular formula is C24H29NO5. The van der Waals surface area contributed by atoms with Crippen LogP contribution in [0.25, 0.3) is 0 Å². The van der Waals surface area contributed by atoms with Crippen LogP contribution < -0.4 is 14.2 Å². The highest BCUT2D eigenvalue weighted by molar-refractivity contribution is 5.79. The average Bonchev–Trinajstić information content (AvgIpc) is 3.17. The molecule has 2 aliphatic rings. The number of hydrogen-bond donors (Lipinski definition) is 1. The van der Waals surface area contributed by atoms with Crippen LogP contribution in [0.4, 0.5) is 0 Å². The Kier molecular flexibility index (Phi) is 6.13. The number of aliphatic hydroxyl groups is 1. The molecule has 0 bridgehead atoms. The van der Waals surface area contributed by atoms with E-state index in [1.807, 2.05) is 53.4 Å². The normalized spacial score (nSPS) is 25.5. The molecule has 2 aromatic carbocycles. The number of amides is 1. The Morgan fingerprint density at radius 1 is 1.00 bits per heavy atom. The van der Waals surface area contributed by atoms with Crippen molar-refractivity contribution in [1.82, 2.24) is 4.90 Å². The van der Waals surface area contributed by atoms with E-state index in [0.717, 1.165) is 17.7 Å². The Bertz CT molecular complexity index is 885. The smallest absolute Gasteiger partial charge is 0.227 e. The van der Waals surface area contributed by atoms with E-state index in [-0.39, 0.29) is 12.0 Å². The van der Waals surface area contributed by atoms with Gasteiger partial charge in [-0.1, -0.05) is 24.3 Å². The summed E-state index contributed by atoms with van der Waals surface area (Å²) in [4.78, 5) is 14.8. The van der Waals surface area contributed by atoms with Crippen LogP contribution in [0.15, 0.2) is 48.5 Å². The van der Waals surface area contributed by atoms with Gasteiger partial charge in [-0.3, -0.25) is 4.79 Å². The first-order valence-corrected chi connectivity index (χ1v) is 10.5. The first-order valence-electron chi connectivity index (χ1n) is 10.5. The van der Waals surface area contributed by atoms with Crippen LogP contribution in [0.3, 0.4) is 0 Å². The molecule has 1 heterocycles. The molecule has 0 aromatic heterocycles. The first kappa shape index (κ1) is 20.5. The summed E-state index contributed by atoms with van der Waals surface area (Å²) in [5.41, 5.74) is 0.951. The van der Waals surface area contributed by atoms with Gasteiger partial charge in [-0.25, -0.2) is 0 Å². The van der Waals surface area contributed by atoms with Crippen LogP contribution >= 0.6 is 0 Å². The van der Waals surface area contributed by atoms with Gasteiger partial charge in [-0.2, -0.15) is 0 Å². The maximum atomic E-state index is 12.9. The molecule has 4 atom stereocenters. The molecule has 2 aromatic rings. The maximum Gasteiger partial charge on any atom is 0.227 e. The number of rotatable bonds is 6. The number of methoxy groups -OCH3 is 2. The summed E-state index contributed by atoms with van der Waals surface area (Å²) in [5.74, 6) is 2.83. The average molecular weight is 411 g/mol. The van der Waals surface area contributed by atoms with Crippen LogP contribution in [-0.4, -0.2) is 55.4 Å². The van der Waals surface area contributed by atoms with Crippen molar-refractivity contribution < 1.29 is 24.1 Å². The zero-order chi connectivity index (χ0) is 21.1. The predicted molar refractivity (Wildman–Crippen MR) is 113 cm³/mol. The number of benzene rings is 2. The van der Waals surface area contributed by atoms with Gasteiger partial charge in [0.2, 0.25) is 5.91 Å². The molecule has 6 nitrogen and oxygen atoms in total. The lowest BCUT2D eigenvalue weighted by Crippen LogP contribution is -2.42. The summed E-state index contributed by atoms with van der Waals surface area (Å²) in [6.45, 7) is 1.41. The topological polar surface area (TPSA) is 68.2 Å². The summed E-state index contributed by atoms with van der Waals surface area (Å²) in [7, 11) is 3.24. The number of fused-ring (bicyclic) bond motifs is 1. The zero-order valence-electron chi connectivity index (χ0n) is 17.5. The molecule has 160 valence electrons. The molecule has 1 amide bonds. The Hall–Kier alpha value is -2.73. The first-order chi connectivity index (χ1) is 14.6. The highest BCUT2D eigenvalue weighted by Crippen LogP contribution is 2.39. The molecule has 6 heteroatoms. The number of aliphatic hydroxyl groups excluding tert-OH is 1. The number of para-hydroxylation sites is 2. The van der Waals surface area contributed by atoms with Crippen molar-refractivity contribution in [3.63, 3.8) is 0 Å². The van der Waals surface area contributed by atoms with Gasteiger partial charge in [0, 0.05) is 13.1 Å². The minimum atomic E-state index is -0.551. The van der Waals surface area contributed by atoms with Crippen LogP contribution in [-0.2, 0) is 11.2 Å². The fourth-order valence-corrected chi connectivity index (χ4v) is 4.67. The number of hydrogen-bond acceptors (Lipinski definition) is 5. The number of carbonyl (C=O) groups excluding carboxylic acids is 1. The van der Waals surface area contributed by atoms with Crippen LogP contribution in [0.2, 0.25) is 0 Å². The molecule has 1 saturated heterocycles. The number of nitrogens with zero attached hydrogens (tertiary/aromatic N) is 1. The zero-order valence-corrected chi connectivity index (χ0v) is 17.5. The highest BCUT2D eigenvalue weighted by Gasteiger charge is 2.44. The number of ether oxygens (including phenoxy) is 3. The second kappa shape index (κ2) is 8.96.